The lowest BCUT2D eigenvalue weighted by Crippen LogP contribution is -2.28. The van der Waals surface area contributed by atoms with E-state index in [1.807, 2.05) is 0 Å². The third kappa shape index (κ3) is 35.5. The Morgan fingerprint density at radius 1 is 0.490 bits per heavy atom. The van der Waals surface area contributed by atoms with Crippen molar-refractivity contribution < 1.29 is 28.3 Å². The highest BCUT2D eigenvalue weighted by atomic mass is 31.2. The molecule has 0 saturated heterocycles. The molecule has 0 aliphatic rings. The maximum Gasteiger partial charge on any atom is 0.469 e. The predicted octanol–water partition coefficient (Wildman–Crippen LogP) is 13.8. The van der Waals surface area contributed by atoms with E-state index >= 15 is 0 Å². The summed E-state index contributed by atoms with van der Waals surface area (Å²) in [6.07, 6.45) is 25.1. The topological polar surface area (TPSA) is 85.2 Å². The van der Waals surface area contributed by atoms with E-state index in [4.69, 9.17) is 14.0 Å². The highest BCUT2D eigenvalue weighted by molar-refractivity contribution is 7.46. The molecule has 6 nitrogen and oxygen atoms in total. The van der Waals surface area contributed by atoms with Crippen LogP contribution in [0.3, 0.4) is 0 Å². The van der Waals surface area contributed by atoms with E-state index in [2.05, 4.69) is 76.2 Å². The molecule has 0 amide bonds. The second kappa shape index (κ2) is 30.3. The first-order valence-corrected chi connectivity index (χ1v) is 23.3. The van der Waals surface area contributed by atoms with E-state index in [9.17, 15) is 14.4 Å². The molecule has 0 aromatic carbocycles. The quantitative estimate of drug-likeness (QED) is 0.0490. The molecule has 0 heterocycles. The molecule has 0 aromatic rings. The number of rotatable bonds is 36. The lowest BCUT2D eigenvalue weighted by atomic mass is 9.82. The van der Waals surface area contributed by atoms with Crippen LogP contribution in [0.4, 0.5) is 0 Å². The largest absolute Gasteiger partial charge is 0.469 e. The molecule has 0 bridgehead atoms. The van der Waals surface area contributed by atoms with Gasteiger partial charge in [0, 0.05) is 13.2 Å². The average Bonchev–Trinajstić information content (AvgIpc) is 3.00. The Bertz CT molecular complexity index is 826. The monoisotopic (exact) mass is 747 g/mol. The zero-order valence-corrected chi connectivity index (χ0v) is 37.0. The van der Waals surface area contributed by atoms with Crippen molar-refractivity contribution in [3.8, 4) is 0 Å². The molecule has 0 radical (unpaired) electrons. The summed E-state index contributed by atoms with van der Waals surface area (Å²) < 4.78 is 28.3. The second-order valence-corrected chi connectivity index (χ2v) is 20.2. The van der Waals surface area contributed by atoms with Gasteiger partial charge in [0.2, 0.25) is 0 Å². The van der Waals surface area contributed by atoms with Crippen molar-refractivity contribution in [3.05, 3.63) is 0 Å². The van der Waals surface area contributed by atoms with Crippen LogP contribution in [-0.2, 0) is 18.6 Å². The summed E-state index contributed by atoms with van der Waals surface area (Å²) in [4.78, 5) is 18.5. The van der Waals surface area contributed by atoms with Gasteiger partial charge in [-0.25, -0.2) is 4.57 Å². The molecule has 0 fully saturated rings. The summed E-state index contributed by atoms with van der Waals surface area (Å²) in [6.45, 7) is 27.1. The highest BCUT2D eigenvalue weighted by Gasteiger charge is 2.22. The van der Waals surface area contributed by atoms with Crippen molar-refractivity contribution >= 4 is 7.82 Å². The van der Waals surface area contributed by atoms with Crippen molar-refractivity contribution in [2.75, 3.05) is 26.4 Å². The Morgan fingerprint density at radius 3 is 1.25 bits per heavy atom. The van der Waals surface area contributed by atoms with Crippen molar-refractivity contribution in [2.24, 2.45) is 46.8 Å². The van der Waals surface area contributed by atoms with E-state index < -0.39 is 13.9 Å². The fraction of sp³-hybridized carbons (Fsp3) is 1.00. The zero-order chi connectivity index (χ0) is 38.7. The summed E-state index contributed by atoms with van der Waals surface area (Å²) in [7, 11) is -4.56. The van der Waals surface area contributed by atoms with Gasteiger partial charge < -0.3 is 19.3 Å². The van der Waals surface area contributed by atoms with Crippen molar-refractivity contribution in [1.82, 2.24) is 0 Å². The first-order valence-electron chi connectivity index (χ1n) is 21.8. The van der Waals surface area contributed by atoms with Crippen LogP contribution in [0.1, 0.15) is 205 Å². The van der Waals surface area contributed by atoms with Crippen molar-refractivity contribution in [3.63, 3.8) is 0 Å². The van der Waals surface area contributed by atoms with Crippen LogP contribution < -0.4 is 0 Å². The maximum absolute atomic E-state index is 11.4. The fourth-order valence-electron chi connectivity index (χ4n) is 7.29. The van der Waals surface area contributed by atoms with Gasteiger partial charge in [-0.1, -0.05) is 185 Å². The van der Waals surface area contributed by atoms with Crippen LogP contribution in [-0.4, -0.2) is 42.3 Å². The van der Waals surface area contributed by atoms with E-state index in [1.54, 1.807) is 0 Å². The van der Waals surface area contributed by atoms with Gasteiger partial charge in [-0.05, 0) is 66.1 Å². The number of phosphoric ester groups is 1. The molecular formula is C44H91O6P. The number of hydrogen-bond donors (Lipinski definition) is 2. The van der Waals surface area contributed by atoms with Gasteiger partial charge in [0.1, 0.15) is 6.10 Å². The van der Waals surface area contributed by atoms with Gasteiger partial charge in [0.25, 0.3) is 0 Å². The summed E-state index contributed by atoms with van der Waals surface area (Å²) in [6, 6.07) is 0. The molecule has 0 aliphatic heterocycles. The van der Waals surface area contributed by atoms with Crippen molar-refractivity contribution in [1.29, 1.82) is 0 Å². The predicted molar refractivity (Wildman–Crippen MR) is 220 cm³/mol. The maximum atomic E-state index is 11.4. The molecule has 7 heteroatoms. The molecular weight excluding hydrogens is 655 g/mol. The van der Waals surface area contributed by atoms with E-state index in [0.29, 0.717) is 19.1 Å². The van der Waals surface area contributed by atoms with Crippen LogP contribution in [0, 0.1) is 46.8 Å². The van der Waals surface area contributed by atoms with Gasteiger partial charge >= 0.3 is 7.82 Å². The van der Waals surface area contributed by atoms with Gasteiger partial charge in [-0.2, -0.15) is 0 Å². The van der Waals surface area contributed by atoms with E-state index in [-0.39, 0.29) is 18.6 Å². The lowest BCUT2D eigenvalue weighted by Gasteiger charge is -2.27. The third-order valence-corrected chi connectivity index (χ3v) is 11.8. The third-order valence-electron chi connectivity index (χ3n) is 11.3. The molecule has 308 valence electrons. The van der Waals surface area contributed by atoms with Gasteiger partial charge in [-0.15, -0.1) is 0 Å². The first-order chi connectivity index (χ1) is 23.9. The normalized spacial score (nSPS) is 16.5. The molecule has 0 aromatic heterocycles. The summed E-state index contributed by atoms with van der Waals surface area (Å²) in [5.41, 5.74) is 0.151. The Morgan fingerprint density at radius 2 is 0.863 bits per heavy atom. The Hall–Kier alpha value is 0.0300. The van der Waals surface area contributed by atoms with Crippen LogP contribution in [0.25, 0.3) is 0 Å². The standard InChI is InChI=1S/C44H91O6P/c1-36(2)18-12-20-38(5)22-14-24-40(7)25-16-27-42(9)29-32-48-34-43(35-50-51(45,46)47)49-33-31-44(10,11)30-17-28-41(8)26-15-23-39(6)21-13-19-37(3)4/h36-43H,12-35H2,1-11H3,(H2,45,46,47). The Kier molecular flexibility index (Phi) is 30.3. The van der Waals surface area contributed by atoms with Crippen LogP contribution in [0.15, 0.2) is 0 Å². The highest BCUT2D eigenvalue weighted by Crippen LogP contribution is 2.36. The van der Waals surface area contributed by atoms with E-state index in [0.717, 1.165) is 54.8 Å². The molecule has 0 saturated carbocycles. The molecule has 0 spiro atoms. The first kappa shape index (κ1) is 51.0. The van der Waals surface area contributed by atoms with Gasteiger partial charge in [0.05, 0.1) is 13.2 Å². The fourth-order valence-corrected chi connectivity index (χ4v) is 7.66. The molecule has 6 atom stereocenters. The molecule has 51 heavy (non-hydrogen) atoms. The minimum Gasteiger partial charge on any atom is -0.379 e. The van der Waals surface area contributed by atoms with Gasteiger partial charge in [-0.3, -0.25) is 4.52 Å². The Labute approximate surface area is 319 Å². The molecule has 6 unspecified atom stereocenters. The summed E-state index contributed by atoms with van der Waals surface area (Å²) in [5, 5.41) is 0. The number of phosphoric acid groups is 1. The minimum atomic E-state index is -4.56. The molecule has 2 N–H and O–H groups in total. The number of hydrogen-bond acceptors (Lipinski definition) is 4. The number of ether oxygens (including phenoxy) is 2. The Balaban J connectivity index is 4.27. The van der Waals surface area contributed by atoms with E-state index in [1.165, 1.54) is 109 Å². The van der Waals surface area contributed by atoms with Gasteiger partial charge in [0.15, 0.2) is 0 Å². The molecule has 0 rings (SSSR count). The van der Waals surface area contributed by atoms with Crippen LogP contribution in [0.5, 0.6) is 0 Å². The summed E-state index contributed by atoms with van der Waals surface area (Å²) >= 11 is 0. The minimum absolute atomic E-state index is 0.151. The smallest absolute Gasteiger partial charge is 0.379 e. The van der Waals surface area contributed by atoms with Crippen molar-refractivity contribution in [2.45, 2.75) is 211 Å². The second-order valence-electron chi connectivity index (χ2n) is 18.9. The zero-order valence-electron chi connectivity index (χ0n) is 36.1. The SMILES string of the molecule is CC(C)CCCC(C)CCCC(C)CCCC(C)CCOCC(COP(=O)(O)O)OCCC(C)(C)CCCC(C)CCCC(C)CCCC(C)C. The lowest BCUT2D eigenvalue weighted by molar-refractivity contribution is -0.0500. The summed E-state index contributed by atoms with van der Waals surface area (Å²) in [5.74, 6) is 5.51. The molecule has 0 aliphatic carbocycles. The average molecular weight is 747 g/mol. The van der Waals surface area contributed by atoms with Crippen LogP contribution >= 0.6 is 7.82 Å². The van der Waals surface area contributed by atoms with Crippen LogP contribution in [0.2, 0.25) is 0 Å².